The molecule has 4 rings (SSSR count). The summed E-state index contributed by atoms with van der Waals surface area (Å²) in [5.74, 6) is 4.07. The van der Waals surface area contributed by atoms with E-state index < -0.39 is 0 Å². The molecule has 0 saturated heterocycles. The fourth-order valence-electron chi connectivity index (χ4n) is 7.20. The number of allylic oxidation sites excluding steroid dienone is 3. The summed E-state index contributed by atoms with van der Waals surface area (Å²) < 4.78 is 0. The first kappa shape index (κ1) is 17.2. The Morgan fingerprint density at radius 2 is 2.00 bits per heavy atom. The van der Waals surface area contributed by atoms with Gasteiger partial charge in [0.25, 0.3) is 0 Å². The number of rotatable bonds is 2. The molecule has 0 heterocycles. The molecule has 0 aromatic heterocycles. The highest BCUT2D eigenvalue weighted by atomic mass is 16.3. The molecule has 3 nitrogen and oxygen atoms in total. The summed E-state index contributed by atoms with van der Waals surface area (Å²) >= 11 is 0. The molecular weight excluding hydrogens is 312 g/mol. The van der Waals surface area contributed by atoms with Crippen molar-refractivity contribution < 1.29 is 14.7 Å². The quantitative estimate of drug-likeness (QED) is 0.472. The molecule has 136 valence electrons. The predicted octanol–water partition coefficient (Wildman–Crippen LogP) is 3.74. The van der Waals surface area contributed by atoms with Crippen LogP contribution in [-0.4, -0.2) is 23.4 Å². The minimum absolute atomic E-state index is 0.0301. The first-order valence-electron chi connectivity index (χ1n) is 10.0. The van der Waals surface area contributed by atoms with Crippen molar-refractivity contribution in [1.82, 2.24) is 0 Å². The molecule has 0 aromatic carbocycles. The number of carbonyl (C=O) groups is 1. The zero-order valence-corrected chi connectivity index (χ0v) is 15.4. The number of aliphatic hydroxyl groups is 1. The molecule has 1 N–H and O–H groups in total. The third-order valence-corrected chi connectivity index (χ3v) is 8.54. The van der Waals surface area contributed by atoms with Crippen LogP contribution in [0.4, 0.5) is 0 Å². The third kappa shape index (κ3) is 2.28. The lowest BCUT2D eigenvalue weighted by atomic mass is 9.45. The largest absolute Gasteiger partial charge is 0.393 e. The topological polar surface area (TPSA) is 54.4 Å². The Kier molecular flexibility index (Phi) is 4.09. The molecular formula is C22H30O3. The van der Waals surface area contributed by atoms with Crippen molar-refractivity contribution in [2.45, 2.75) is 64.9 Å². The van der Waals surface area contributed by atoms with Crippen LogP contribution in [0, 0.1) is 40.4 Å². The van der Waals surface area contributed by atoms with Crippen LogP contribution in [0.2, 0.25) is 0 Å². The Morgan fingerprint density at radius 3 is 2.72 bits per heavy atom. The first-order chi connectivity index (χ1) is 12.0. The van der Waals surface area contributed by atoms with Crippen molar-refractivity contribution in [3.05, 3.63) is 17.7 Å². The number of hydrogen-bond acceptors (Lipinski definition) is 3. The minimum Gasteiger partial charge on any atom is -0.393 e. The van der Waals surface area contributed by atoms with E-state index in [0.717, 1.165) is 44.9 Å². The maximum absolute atomic E-state index is 12.4. The number of carbonyl (C=O) groups excluding carboxylic acids is 2. The SMILES string of the molecule is CC1C=C2CC(C=C=O)CC[C@]2(C=O)[C@@H]2CC[C@]3(C)C(O)CC[C@H]3[C@H]12. The molecule has 3 saturated carbocycles. The molecule has 3 heteroatoms. The average Bonchev–Trinajstić information content (AvgIpc) is 2.90. The summed E-state index contributed by atoms with van der Waals surface area (Å²) in [7, 11) is 0. The number of hydrogen-bond donors (Lipinski definition) is 1. The van der Waals surface area contributed by atoms with Crippen LogP contribution < -0.4 is 0 Å². The van der Waals surface area contributed by atoms with Gasteiger partial charge in [-0.05, 0) is 80.0 Å². The molecule has 0 amide bonds. The van der Waals surface area contributed by atoms with E-state index in [1.807, 2.05) is 5.94 Å². The molecule has 4 aliphatic carbocycles. The fraction of sp³-hybridized carbons (Fsp3) is 0.773. The first-order valence-corrected chi connectivity index (χ1v) is 10.0. The van der Waals surface area contributed by atoms with Gasteiger partial charge in [-0.1, -0.05) is 25.5 Å². The van der Waals surface area contributed by atoms with Gasteiger partial charge in [-0.25, -0.2) is 4.79 Å². The van der Waals surface area contributed by atoms with Gasteiger partial charge in [-0.2, -0.15) is 0 Å². The average molecular weight is 342 g/mol. The van der Waals surface area contributed by atoms with E-state index in [-0.39, 0.29) is 22.9 Å². The van der Waals surface area contributed by atoms with E-state index in [2.05, 4.69) is 19.9 Å². The number of aliphatic hydroxyl groups excluding tert-OH is 1. The summed E-state index contributed by atoms with van der Waals surface area (Å²) in [4.78, 5) is 23.2. The highest BCUT2D eigenvalue weighted by Gasteiger charge is 2.61. The molecule has 3 fully saturated rings. The smallest absolute Gasteiger partial charge is 0.130 e. The maximum atomic E-state index is 12.4. The van der Waals surface area contributed by atoms with Gasteiger partial charge < -0.3 is 9.90 Å². The van der Waals surface area contributed by atoms with E-state index in [9.17, 15) is 14.7 Å². The minimum atomic E-state index is -0.320. The van der Waals surface area contributed by atoms with Crippen LogP contribution in [0.3, 0.4) is 0 Å². The molecule has 8 atom stereocenters. The van der Waals surface area contributed by atoms with Gasteiger partial charge in [0.15, 0.2) is 0 Å². The van der Waals surface area contributed by atoms with E-state index >= 15 is 0 Å². The summed E-state index contributed by atoms with van der Waals surface area (Å²) in [5, 5.41) is 10.6. The molecule has 0 spiro atoms. The van der Waals surface area contributed by atoms with E-state index in [4.69, 9.17) is 0 Å². The van der Waals surface area contributed by atoms with Crippen molar-refractivity contribution in [3.8, 4) is 0 Å². The Bertz CT molecular complexity index is 646. The zero-order chi connectivity index (χ0) is 17.8. The van der Waals surface area contributed by atoms with Crippen molar-refractivity contribution >= 4 is 12.2 Å². The summed E-state index contributed by atoms with van der Waals surface area (Å²) in [6.07, 6.45) is 11.8. The van der Waals surface area contributed by atoms with Gasteiger partial charge in [0.2, 0.25) is 0 Å². The zero-order valence-electron chi connectivity index (χ0n) is 15.4. The number of fused-ring (bicyclic) bond motifs is 5. The van der Waals surface area contributed by atoms with Gasteiger partial charge in [0, 0.05) is 11.5 Å². The van der Waals surface area contributed by atoms with Crippen molar-refractivity contribution in [2.75, 3.05) is 0 Å². The number of aldehydes is 1. The maximum Gasteiger partial charge on any atom is 0.130 e. The molecule has 4 aliphatic rings. The second kappa shape index (κ2) is 5.93. The molecule has 0 radical (unpaired) electrons. The van der Waals surface area contributed by atoms with Crippen molar-refractivity contribution in [2.24, 2.45) is 40.4 Å². The lowest BCUT2D eigenvalue weighted by Gasteiger charge is -2.58. The Hall–Kier alpha value is -1.18. The van der Waals surface area contributed by atoms with Crippen LogP contribution in [0.15, 0.2) is 17.7 Å². The van der Waals surface area contributed by atoms with Gasteiger partial charge >= 0.3 is 0 Å². The molecule has 25 heavy (non-hydrogen) atoms. The molecule has 0 bridgehead atoms. The third-order valence-electron chi connectivity index (χ3n) is 8.54. The standard InChI is InChI=1S/C22H30O3/c1-14-11-16-12-15(7-10-23)5-9-22(16,13-24)18-6-8-21(2)17(20(14)18)3-4-19(21)25/h7,11,13-15,17-20,25H,3-6,8-9,12H2,1-2H3/t14?,15?,17-,18+,19?,20-,21-,22+/m0/s1. The summed E-state index contributed by atoms with van der Waals surface area (Å²) in [5.41, 5.74) is 0.989. The Balaban J connectivity index is 1.74. The van der Waals surface area contributed by atoms with Crippen LogP contribution in [0.1, 0.15) is 58.8 Å². The van der Waals surface area contributed by atoms with Crippen LogP contribution in [0.5, 0.6) is 0 Å². The Morgan fingerprint density at radius 1 is 1.20 bits per heavy atom. The van der Waals surface area contributed by atoms with Crippen molar-refractivity contribution in [3.63, 3.8) is 0 Å². The van der Waals surface area contributed by atoms with Gasteiger partial charge in [-0.15, -0.1) is 0 Å². The summed E-state index contributed by atoms with van der Waals surface area (Å²) in [6.45, 7) is 4.58. The highest BCUT2D eigenvalue weighted by Crippen LogP contribution is 2.65. The molecule has 3 unspecified atom stereocenters. The van der Waals surface area contributed by atoms with Gasteiger partial charge in [0.1, 0.15) is 12.2 Å². The fourth-order valence-corrected chi connectivity index (χ4v) is 7.20. The molecule has 0 aromatic rings. The predicted molar refractivity (Wildman–Crippen MR) is 96.4 cm³/mol. The van der Waals surface area contributed by atoms with Crippen LogP contribution in [0.25, 0.3) is 0 Å². The molecule has 0 aliphatic heterocycles. The Labute approximate surface area is 150 Å². The van der Waals surface area contributed by atoms with Crippen molar-refractivity contribution in [1.29, 1.82) is 0 Å². The second-order valence-electron chi connectivity index (χ2n) is 9.42. The monoisotopic (exact) mass is 342 g/mol. The lowest BCUT2D eigenvalue weighted by Crippen LogP contribution is -2.54. The van der Waals surface area contributed by atoms with E-state index in [1.54, 1.807) is 6.08 Å². The van der Waals surface area contributed by atoms with Gasteiger partial charge in [0.05, 0.1) is 6.10 Å². The van der Waals surface area contributed by atoms with Gasteiger partial charge in [-0.3, -0.25) is 0 Å². The van der Waals surface area contributed by atoms with E-state index in [1.165, 1.54) is 11.9 Å². The van der Waals surface area contributed by atoms with Crippen LogP contribution in [-0.2, 0) is 9.59 Å². The lowest BCUT2D eigenvalue weighted by molar-refractivity contribution is -0.129. The highest BCUT2D eigenvalue weighted by molar-refractivity contribution is 5.67. The van der Waals surface area contributed by atoms with Crippen LogP contribution >= 0.6 is 0 Å². The summed E-state index contributed by atoms with van der Waals surface area (Å²) in [6, 6.07) is 0. The second-order valence-corrected chi connectivity index (χ2v) is 9.42. The normalized spacial score (nSPS) is 51.4. The van der Waals surface area contributed by atoms with E-state index in [0.29, 0.717) is 23.7 Å².